The van der Waals surface area contributed by atoms with Crippen LogP contribution in [0.4, 0.5) is 5.69 Å². The fourth-order valence-corrected chi connectivity index (χ4v) is 4.02. The number of anilines is 1. The van der Waals surface area contributed by atoms with Crippen molar-refractivity contribution >= 4 is 11.2 Å². The molecule has 3 rings (SSSR count). The third kappa shape index (κ3) is 3.09. The minimum absolute atomic E-state index is 0.949. The van der Waals surface area contributed by atoms with Gasteiger partial charge < -0.3 is 4.90 Å². The number of aryl methyl sites for hydroxylation is 5. The molecule has 0 amide bonds. The van der Waals surface area contributed by atoms with E-state index in [1.165, 1.54) is 27.9 Å². The summed E-state index contributed by atoms with van der Waals surface area (Å²) in [6.07, 6.45) is 1.12. The number of aromatic nitrogens is 3. The van der Waals surface area contributed by atoms with Gasteiger partial charge in [0.05, 0.1) is 17.1 Å². The Morgan fingerprint density at radius 2 is 1.62 bits per heavy atom. The standard InChI is InChI=1S/C22H30N4/c1-8-10-25(9-2)19-13-17(6)24-26-21(19)18(7)23-22(26)20-15(4)11-14(3)12-16(20)5/h11-13H,8-10H2,1-7H3. The van der Waals surface area contributed by atoms with Gasteiger partial charge in [-0.05, 0) is 65.2 Å². The number of hydrogen-bond acceptors (Lipinski definition) is 3. The van der Waals surface area contributed by atoms with Crippen molar-refractivity contribution in [3.63, 3.8) is 0 Å². The molecule has 4 heteroatoms. The van der Waals surface area contributed by atoms with Crippen molar-refractivity contribution < 1.29 is 0 Å². The van der Waals surface area contributed by atoms with E-state index in [4.69, 9.17) is 10.1 Å². The molecule has 0 bridgehead atoms. The molecule has 0 aliphatic rings. The van der Waals surface area contributed by atoms with Gasteiger partial charge in [0, 0.05) is 18.7 Å². The Morgan fingerprint density at radius 3 is 2.19 bits per heavy atom. The van der Waals surface area contributed by atoms with E-state index < -0.39 is 0 Å². The van der Waals surface area contributed by atoms with Gasteiger partial charge in [-0.15, -0.1) is 0 Å². The van der Waals surface area contributed by atoms with Crippen LogP contribution in [0.2, 0.25) is 0 Å². The lowest BCUT2D eigenvalue weighted by molar-refractivity contribution is 0.785. The first-order chi connectivity index (χ1) is 12.4. The second kappa shape index (κ2) is 7.10. The first-order valence-electron chi connectivity index (χ1n) is 9.57. The van der Waals surface area contributed by atoms with Crippen molar-refractivity contribution in [2.75, 3.05) is 18.0 Å². The molecule has 0 saturated carbocycles. The molecule has 2 aromatic heterocycles. The fraction of sp³-hybridized carbons (Fsp3) is 0.455. The molecule has 0 spiro atoms. The largest absolute Gasteiger partial charge is 0.370 e. The molecule has 0 atom stereocenters. The van der Waals surface area contributed by atoms with E-state index in [2.05, 4.69) is 76.1 Å². The van der Waals surface area contributed by atoms with Gasteiger partial charge in [-0.2, -0.15) is 5.10 Å². The van der Waals surface area contributed by atoms with Gasteiger partial charge in [0.15, 0.2) is 5.82 Å². The summed E-state index contributed by atoms with van der Waals surface area (Å²) in [5.74, 6) is 0.949. The van der Waals surface area contributed by atoms with Gasteiger partial charge in [-0.1, -0.05) is 24.6 Å². The minimum Gasteiger partial charge on any atom is -0.370 e. The zero-order valence-electron chi connectivity index (χ0n) is 17.1. The zero-order valence-corrected chi connectivity index (χ0v) is 17.1. The molecular weight excluding hydrogens is 320 g/mol. The van der Waals surface area contributed by atoms with Crippen molar-refractivity contribution in [3.8, 4) is 11.4 Å². The van der Waals surface area contributed by atoms with Crippen molar-refractivity contribution in [3.05, 3.63) is 46.3 Å². The number of imidazole rings is 1. The Kier molecular flexibility index (Phi) is 5.03. The average Bonchev–Trinajstić information content (AvgIpc) is 2.87. The maximum absolute atomic E-state index is 4.96. The SMILES string of the molecule is CCCN(CC)c1cc(C)nn2c(-c3c(C)cc(C)cc3C)nc(C)c12. The molecule has 4 nitrogen and oxygen atoms in total. The Morgan fingerprint density at radius 1 is 0.962 bits per heavy atom. The van der Waals surface area contributed by atoms with Crippen LogP contribution in [-0.2, 0) is 0 Å². The van der Waals surface area contributed by atoms with E-state index in [1.807, 2.05) is 0 Å². The van der Waals surface area contributed by atoms with Crippen molar-refractivity contribution in [2.45, 2.75) is 54.9 Å². The van der Waals surface area contributed by atoms with E-state index in [-0.39, 0.29) is 0 Å². The van der Waals surface area contributed by atoms with Crippen LogP contribution in [0.15, 0.2) is 18.2 Å². The number of benzene rings is 1. The number of rotatable bonds is 5. The van der Waals surface area contributed by atoms with Crippen LogP contribution in [-0.4, -0.2) is 27.7 Å². The predicted octanol–water partition coefficient (Wildman–Crippen LogP) is 5.17. The summed E-state index contributed by atoms with van der Waals surface area (Å²) >= 11 is 0. The summed E-state index contributed by atoms with van der Waals surface area (Å²) < 4.78 is 2.06. The van der Waals surface area contributed by atoms with E-state index in [0.717, 1.165) is 42.2 Å². The van der Waals surface area contributed by atoms with Crippen LogP contribution in [0, 0.1) is 34.6 Å². The first-order valence-corrected chi connectivity index (χ1v) is 9.57. The molecule has 0 aliphatic carbocycles. The third-order valence-electron chi connectivity index (χ3n) is 4.99. The van der Waals surface area contributed by atoms with Gasteiger partial charge >= 0.3 is 0 Å². The van der Waals surface area contributed by atoms with Crippen LogP contribution < -0.4 is 4.90 Å². The topological polar surface area (TPSA) is 33.4 Å². The molecular formula is C22H30N4. The number of fused-ring (bicyclic) bond motifs is 1. The maximum Gasteiger partial charge on any atom is 0.162 e. The number of nitrogens with zero attached hydrogens (tertiary/aromatic N) is 4. The lowest BCUT2D eigenvalue weighted by atomic mass is 9.99. The Hall–Kier alpha value is -2.36. The second-order valence-electron chi connectivity index (χ2n) is 7.31. The smallest absolute Gasteiger partial charge is 0.162 e. The molecule has 1 aromatic carbocycles. The lowest BCUT2D eigenvalue weighted by Gasteiger charge is -2.24. The number of hydrogen-bond donors (Lipinski definition) is 0. The Labute approximate surface area is 156 Å². The van der Waals surface area contributed by atoms with E-state index in [1.54, 1.807) is 0 Å². The van der Waals surface area contributed by atoms with E-state index >= 15 is 0 Å². The van der Waals surface area contributed by atoms with E-state index in [0.29, 0.717) is 0 Å². The fourth-order valence-electron chi connectivity index (χ4n) is 4.02. The molecule has 138 valence electrons. The summed E-state index contributed by atoms with van der Waals surface area (Å²) in [7, 11) is 0. The van der Waals surface area contributed by atoms with Gasteiger partial charge in [0.1, 0.15) is 5.52 Å². The highest BCUT2D eigenvalue weighted by Crippen LogP contribution is 2.33. The Bertz CT molecular complexity index is 929. The van der Waals surface area contributed by atoms with Gasteiger partial charge in [0.25, 0.3) is 0 Å². The summed E-state index contributed by atoms with van der Waals surface area (Å²) in [4.78, 5) is 7.39. The van der Waals surface area contributed by atoms with E-state index in [9.17, 15) is 0 Å². The summed E-state index contributed by atoms with van der Waals surface area (Å²) in [5.41, 5.74) is 9.40. The quantitative estimate of drug-likeness (QED) is 0.636. The van der Waals surface area contributed by atoms with Crippen molar-refractivity contribution in [1.82, 2.24) is 14.6 Å². The normalized spacial score (nSPS) is 11.3. The molecule has 0 fully saturated rings. The molecule has 0 N–H and O–H groups in total. The summed E-state index contributed by atoms with van der Waals surface area (Å²) in [6, 6.07) is 6.65. The molecule has 0 unspecified atom stereocenters. The highest BCUT2D eigenvalue weighted by atomic mass is 15.3. The van der Waals surface area contributed by atoms with Gasteiger partial charge in [0.2, 0.25) is 0 Å². The minimum atomic E-state index is 0.949. The van der Waals surface area contributed by atoms with Crippen molar-refractivity contribution in [1.29, 1.82) is 0 Å². The van der Waals surface area contributed by atoms with Crippen LogP contribution >= 0.6 is 0 Å². The van der Waals surface area contributed by atoms with Crippen LogP contribution in [0.1, 0.15) is 48.3 Å². The van der Waals surface area contributed by atoms with Crippen LogP contribution in [0.3, 0.4) is 0 Å². The molecule has 2 heterocycles. The molecule has 0 radical (unpaired) electrons. The predicted molar refractivity (Wildman–Crippen MR) is 110 cm³/mol. The maximum atomic E-state index is 4.96. The lowest BCUT2D eigenvalue weighted by Crippen LogP contribution is -2.24. The second-order valence-corrected chi connectivity index (χ2v) is 7.31. The highest BCUT2D eigenvalue weighted by Gasteiger charge is 2.20. The van der Waals surface area contributed by atoms with Gasteiger partial charge in [-0.25, -0.2) is 9.50 Å². The van der Waals surface area contributed by atoms with Crippen molar-refractivity contribution in [2.24, 2.45) is 0 Å². The molecule has 0 aliphatic heterocycles. The Balaban J connectivity index is 2.33. The third-order valence-corrected chi connectivity index (χ3v) is 4.99. The zero-order chi connectivity index (χ0) is 19.0. The molecule has 0 saturated heterocycles. The average molecular weight is 351 g/mol. The summed E-state index contributed by atoms with van der Waals surface area (Å²) in [5, 5.41) is 4.84. The van der Waals surface area contributed by atoms with Gasteiger partial charge in [-0.3, -0.25) is 0 Å². The monoisotopic (exact) mass is 350 g/mol. The summed E-state index contributed by atoms with van der Waals surface area (Å²) in [6.45, 7) is 17.1. The highest BCUT2D eigenvalue weighted by molar-refractivity contribution is 5.80. The first kappa shape index (κ1) is 18.4. The van der Waals surface area contributed by atoms with Crippen LogP contribution in [0.5, 0.6) is 0 Å². The van der Waals surface area contributed by atoms with Crippen LogP contribution in [0.25, 0.3) is 16.9 Å². The molecule has 26 heavy (non-hydrogen) atoms. The molecule has 3 aromatic rings.